The minimum Gasteiger partial charge on any atom is -0.743 e. The molecule has 6 nitrogen and oxygen atoms in total. The van der Waals surface area contributed by atoms with Crippen molar-refractivity contribution in [2.75, 3.05) is 20.2 Å². The number of esters is 1. The van der Waals surface area contributed by atoms with Crippen molar-refractivity contribution in [2.45, 2.75) is 25.1 Å². The normalized spacial score (nSPS) is 15.0. The summed E-state index contributed by atoms with van der Waals surface area (Å²) in [5, 5.41) is -0.947. The van der Waals surface area contributed by atoms with E-state index in [1.54, 1.807) is 14.0 Å². The summed E-state index contributed by atoms with van der Waals surface area (Å²) in [6, 6.07) is 0. The van der Waals surface area contributed by atoms with Crippen LogP contribution in [0, 0.1) is 0 Å². The number of carbonyl (C=O) groups excluding carboxylic acids is 1. The van der Waals surface area contributed by atoms with Gasteiger partial charge in [-0.2, -0.15) is 0 Å². The second-order valence-corrected chi connectivity index (χ2v) is 5.27. The maximum absolute atomic E-state index is 10.9. The third kappa shape index (κ3) is 6.40. The Kier molecular flexibility index (Phi) is 7.01. The van der Waals surface area contributed by atoms with E-state index in [1.807, 2.05) is 0 Å². The standard InChI is InChI=1S/C10H19NO5S/c1-4-9(17(13,14)15)11(3)7-6-8-16-10(12)5-2/h5,9H,2,4,6-8H2,1,3H3,(H,13,14,15). The molecule has 0 aliphatic heterocycles. The summed E-state index contributed by atoms with van der Waals surface area (Å²) < 4.78 is 37.5. The van der Waals surface area contributed by atoms with Crippen LogP contribution in [0.25, 0.3) is 0 Å². The van der Waals surface area contributed by atoms with Crippen LogP contribution in [0.5, 0.6) is 0 Å². The molecule has 2 atom stereocenters. The van der Waals surface area contributed by atoms with Crippen molar-refractivity contribution in [1.29, 1.82) is 0 Å². The van der Waals surface area contributed by atoms with Crippen molar-refractivity contribution in [3.05, 3.63) is 12.7 Å². The summed E-state index contributed by atoms with van der Waals surface area (Å²) in [6.07, 6.45) is 1.83. The topological polar surface area (TPSA) is 87.9 Å². The van der Waals surface area contributed by atoms with Crippen LogP contribution in [0.1, 0.15) is 19.8 Å². The fraction of sp³-hybridized carbons (Fsp3) is 0.700. The average molecular weight is 265 g/mol. The summed E-state index contributed by atoms with van der Waals surface area (Å²) in [4.78, 5) is 11.3. The van der Waals surface area contributed by atoms with Crippen LogP contribution in [0.15, 0.2) is 12.7 Å². The smallest absolute Gasteiger partial charge is 0.330 e. The molecule has 1 N–H and O–H groups in total. The second kappa shape index (κ2) is 7.41. The molecule has 0 amide bonds. The zero-order valence-electron chi connectivity index (χ0n) is 10.1. The lowest BCUT2D eigenvalue weighted by Crippen LogP contribution is -3.14. The highest BCUT2D eigenvalue weighted by Gasteiger charge is 2.22. The number of ether oxygens (including phenoxy) is 1. The van der Waals surface area contributed by atoms with Gasteiger partial charge in [0.05, 0.1) is 20.2 Å². The molecule has 0 aromatic heterocycles. The van der Waals surface area contributed by atoms with Crippen molar-refractivity contribution >= 4 is 16.1 Å². The highest BCUT2D eigenvalue weighted by Crippen LogP contribution is 1.94. The molecule has 0 saturated carbocycles. The molecule has 0 rings (SSSR count). The van der Waals surface area contributed by atoms with Gasteiger partial charge in [0.25, 0.3) is 0 Å². The van der Waals surface area contributed by atoms with Gasteiger partial charge in [0.1, 0.15) is 10.1 Å². The Balaban J connectivity index is 4.04. The first-order valence-corrected chi connectivity index (χ1v) is 6.86. The third-order valence-electron chi connectivity index (χ3n) is 2.40. The SMILES string of the molecule is C=CC(=O)OCCC[NH+](C)C(CC)S(=O)(=O)[O-]. The Bertz CT molecular complexity index is 352. The molecule has 100 valence electrons. The fourth-order valence-corrected chi connectivity index (χ4v) is 2.56. The Labute approximate surface area is 102 Å². The second-order valence-electron chi connectivity index (χ2n) is 3.71. The van der Waals surface area contributed by atoms with Crippen molar-refractivity contribution in [3.8, 4) is 0 Å². The number of quaternary nitrogens is 1. The summed E-state index contributed by atoms with van der Waals surface area (Å²) >= 11 is 0. The lowest BCUT2D eigenvalue weighted by atomic mass is 10.3. The van der Waals surface area contributed by atoms with Gasteiger partial charge in [-0.1, -0.05) is 13.5 Å². The summed E-state index contributed by atoms with van der Waals surface area (Å²) in [7, 11) is -2.65. The summed E-state index contributed by atoms with van der Waals surface area (Å²) in [5.74, 6) is -0.508. The van der Waals surface area contributed by atoms with Crippen LogP contribution in [-0.4, -0.2) is 44.5 Å². The van der Waals surface area contributed by atoms with E-state index < -0.39 is 21.5 Å². The van der Waals surface area contributed by atoms with E-state index in [-0.39, 0.29) is 13.0 Å². The highest BCUT2D eigenvalue weighted by atomic mass is 32.2. The Morgan fingerprint density at radius 1 is 1.59 bits per heavy atom. The number of nitrogens with one attached hydrogen (secondary N) is 1. The number of hydrogen-bond acceptors (Lipinski definition) is 5. The molecule has 0 aromatic carbocycles. The minimum atomic E-state index is -4.28. The predicted molar refractivity (Wildman–Crippen MR) is 61.3 cm³/mol. The lowest BCUT2D eigenvalue weighted by Gasteiger charge is -2.26. The molecule has 17 heavy (non-hydrogen) atoms. The maximum Gasteiger partial charge on any atom is 0.330 e. The first-order chi connectivity index (χ1) is 7.82. The van der Waals surface area contributed by atoms with Gasteiger partial charge in [0.15, 0.2) is 5.37 Å². The molecule has 0 aromatic rings. The molecule has 0 saturated heterocycles. The molecule has 0 fully saturated rings. The van der Waals surface area contributed by atoms with Gasteiger partial charge in [0.2, 0.25) is 0 Å². The van der Waals surface area contributed by atoms with E-state index in [9.17, 15) is 17.8 Å². The average Bonchev–Trinajstić information content (AvgIpc) is 2.22. The number of carbonyl (C=O) groups is 1. The van der Waals surface area contributed by atoms with E-state index >= 15 is 0 Å². The van der Waals surface area contributed by atoms with E-state index in [0.717, 1.165) is 6.08 Å². The Hall–Kier alpha value is -0.920. The maximum atomic E-state index is 10.9. The van der Waals surface area contributed by atoms with Gasteiger partial charge in [-0.15, -0.1) is 0 Å². The Morgan fingerprint density at radius 2 is 2.18 bits per heavy atom. The van der Waals surface area contributed by atoms with E-state index in [2.05, 4.69) is 6.58 Å². The van der Waals surface area contributed by atoms with Crippen molar-refractivity contribution in [1.82, 2.24) is 0 Å². The molecule has 0 aliphatic carbocycles. The molecular weight excluding hydrogens is 246 g/mol. The largest absolute Gasteiger partial charge is 0.743 e. The molecule has 7 heteroatoms. The van der Waals surface area contributed by atoms with Gasteiger partial charge in [-0.3, -0.25) is 0 Å². The van der Waals surface area contributed by atoms with Gasteiger partial charge in [-0.05, 0) is 0 Å². The Morgan fingerprint density at radius 3 is 2.59 bits per heavy atom. The molecular formula is C10H19NO5S. The van der Waals surface area contributed by atoms with Crippen LogP contribution < -0.4 is 4.90 Å². The molecule has 0 bridgehead atoms. The fourth-order valence-electron chi connectivity index (χ4n) is 1.54. The van der Waals surface area contributed by atoms with Crippen LogP contribution in [0.3, 0.4) is 0 Å². The van der Waals surface area contributed by atoms with Crippen molar-refractivity contribution in [2.24, 2.45) is 0 Å². The van der Waals surface area contributed by atoms with Crippen molar-refractivity contribution in [3.63, 3.8) is 0 Å². The summed E-state index contributed by atoms with van der Waals surface area (Å²) in [5.41, 5.74) is 0. The zero-order valence-corrected chi connectivity index (χ0v) is 11.0. The number of rotatable bonds is 8. The van der Waals surface area contributed by atoms with Crippen LogP contribution >= 0.6 is 0 Å². The first kappa shape index (κ1) is 16.1. The van der Waals surface area contributed by atoms with Crippen LogP contribution in [-0.2, 0) is 19.6 Å². The van der Waals surface area contributed by atoms with Crippen molar-refractivity contribution < 1.29 is 27.4 Å². The van der Waals surface area contributed by atoms with Gasteiger partial charge in [-0.25, -0.2) is 13.2 Å². The molecule has 0 spiro atoms. The van der Waals surface area contributed by atoms with E-state index in [1.165, 1.54) is 0 Å². The first-order valence-electron chi connectivity index (χ1n) is 5.39. The van der Waals surface area contributed by atoms with E-state index in [4.69, 9.17) is 4.74 Å². The molecule has 0 aliphatic rings. The molecule has 0 heterocycles. The monoisotopic (exact) mass is 265 g/mol. The van der Waals surface area contributed by atoms with Gasteiger partial charge >= 0.3 is 5.97 Å². The third-order valence-corrected chi connectivity index (χ3v) is 3.83. The van der Waals surface area contributed by atoms with Gasteiger partial charge in [0, 0.05) is 18.9 Å². The quantitative estimate of drug-likeness (QED) is 0.260. The lowest BCUT2D eigenvalue weighted by molar-refractivity contribution is -0.892. The molecule has 0 radical (unpaired) electrons. The van der Waals surface area contributed by atoms with Crippen LogP contribution in [0.4, 0.5) is 0 Å². The summed E-state index contributed by atoms with van der Waals surface area (Å²) in [6.45, 7) is 5.54. The predicted octanol–water partition coefficient (Wildman–Crippen LogP) is -1.10. The van der Waals surface area contributed by atoms with E-state index in [0.29, 0.717) is 17.9 Å². The van der Waals surface area contributed by atoms with Crippen LogP contribution in [0.2, 0.25) is 0 Å². The number of hydrogen-bond donors (Lipinski definition) is 1. The van der Waals surface area contributed by atoms with Gasteiger partial charge < -0.3 is 14.2 Å². The minimum absolute atomic E-state index is 0.192. The highest BCUT2D eigenvalue weighted by molar-refractivity contribution is 7.86. The molecule has 2 unspecified atom stereocenters. The zero-order chi connectivity index (χ0) is 13.5.